The van der Waals surface area contributed by atoms with Crippen LogP contribution in [0.4, 0.5) is 0 Å². The first-order valence-corrected chi connectivity index (χ1v) is 7.16. The van der Waals surface area contributed by atoms with Gasteiger partial charge < -0.3 is 14.8 Å². The molecule has 1 rings (SSSR count). The molecule has 0 saturated carbocycles. The molecule has 4 heteroatoms. The van der Waals surface area contributed by atoms with Crippen LogP contribution in [-0.4, -0.2) is 25.9 Å². The number of hydrogen-bond acceptors (Lipinski definition) is 3. The predicted octanol–water partition coefficient (Wildman–Crippen LogP) is 3.36. The first kappa shape index (κ1) is 15.5. The van der Waals surface area contributed by atoms with E-state index in [-0.39, 0.29) is 6.10 Å². The van der Waals surface area contributed by atoms with Gasteiger partial charge in [0.15, 0.2) is 0 Å². The standard InChI is InChI=1S/C14H22BrNO2/c1-4-16-10-12-9-13(5-6-14(12)15)18-8-7-17-11(2)3/h5-6,9,11,16H,4,7-8,10H2,1-3H3. The van der Waals surface area contributed by atoms with Gasteiger partial charge in [-0.25, -0.2) is 0 Å². The zero-order chi connectivity index (χ0) is 13.4. The number of benzene rings is 1. The van der Waals surface area contributed by atoms with E-state index < -0.39 is 0 Å². The lowest BCUT2D eigenvalue weighted by molar-refractivity contribution is 0.0552. The number of halogens is 1. The van der Waals surface area contributed by atoms with Crippen LogP contribution in [0.2, 0.25) is 0 Å². The van der Waals surface area contributed by atoms with Crippen molar-refractivity contribution in [2.75, 3.05) is 19.8 Å². The van der Waals surface area contributed by atoms with Crippen molar-refractivity contribution in [3.63, 3.8) is 0 Å². The molecule has 0 saturated heterocycles. The summed E-state index contributed by atoms with van der Waals surface area (Å²) in [4.78, 5) is 0. The Morgan fingerprint density at radius 2 is 2.06 bits per heavy atom. The molecule has 0 amide bonds. The molecular formula is C14H22BrNO2. The highest BCUT2D eigenvalue weighted by molar-refractivity contribution is 9.10. The third kappa shape index (κ3) is 5.85. The molecule has 0 spiro atoms. The summed E-state index contributed by atoms with van der Waals surface area (Å²) >= 11 is 3.54. The molecule has 0 heterocycles. The van der Waals surface area contributed by atoms with Crippen LogP contribution >= 0.6 is 15.9 Å². The Labute approximate surface area is 118 Å². The van der Waals surface area contributed by atoms with Crippen LogP contribution in [0.1, 0.15) is 26.3 Å². The minimum absolute atomic E-state index is 0.253. The Morgan fingerprint density at radius 3 is 2.72 bits per heavy atom. The van der Waals surface area contributed by atoms with Gasteiger partial charge in [0.1, 0.15) is 12.4 Å². The molecule has 0 radical (unpaired) electrons. The Bertz CT molecular complexity index is 356. The summed E-state index contributed by atoms with van der Waals surface area (Å²) in [6, 6.07) is 6.04. The number of ether oxygens (including phenoxy) is 2. The fraction of sp³-hybridized carbons (Fsp3) is 0.571. The van der Waals surface area contributed by atoms with Gasteiger partial charge in [0.05, 0.1) is 12.7 Å². The second-order valence-electron chi connectivity index (χ2n) is 4.30. The summed E-state index contributed by atoms with van der Waals surface area (Å²) in [5.74, 6) is 0.887. The predicted molar refractivity (Wildman–Crippen MR) is 78.1 cm³/mol. The monoisotopic (exact) mass is 315 g/mol. The molecule has 0 aliphatic heterocycles. The number of nitrogens with one attached hydrogen (secondary N) is 1. The van der Waals surface area contributed by atoms with Gasteiger partial charge in [-0.05, 0) is 44.2 Å². The molecule has 0 aliphatic carbocycles. The Balaban J connectivity index is 2.45. The lowest BCUT2D eigenvalue weighted by atomic mass is 10.2. The van der Waals surface area contributed by atoms with Crippen molar-refractivity contribution in [2.24, 2.45) is 0 Å². The molecule has 0 bridgehead atoms. The Morgan fingerprint density at radius 1 is 1.28 bits per heavy atom. The third-order valence-electron chi connectivity index (χ3n) is 2.39. The van der Waals surface area contributed by atoms with E-state index >= 15 is 0 Å². The highest BCUT2D eigenvalue weighted by atomic mass is 79.9. The third-order valence-corrected chi connectivity index (χ3v) is 3.16. The summed E-state index contributed by atoms with van der Waals surface area (Å²) < 4.78 is 12.2. The average Bonchev–Trinajstić information content (AvgIpc) is 2.34. The van der Waals surface area contributed by atoms with Crippen molar-refractivity contribution < 1.29 is 9.47 Å². The second kappa shape index (κ2) is 8.51. The molecule has 3 nitrogen and oxygen atoms in total. The molecule has 102 valence electrons. The van der Waals surface area contributed by atoms with E-state index in [1.165, 1.54) is 5.56 Å². The largest absolute Gasteiger partial charge is 0.491 e. The lowest BCUT2D eigenvalue weighted by Crippen LogP contribution is -2.13. The molecule has 0 unspecified atom stereocenters. The minimum atomic E-state index is 0.253. The van der Waals surface area contributed by atoms with Crippen LogP contribution in [0.3, 0.4) is 0 Å². The molecule has 0 aliphatic rings. The molecule has 1 aromatic carbocycles. The van der Waals surface area contributed by atoms with Crippen molar-refractivity contribution in [3.8, 4) is 5.75 Å². The van der Waals surface area contributed by atoms with Gasteiger partial charge in [-0.3, -0.25) is 0 Å². The molecule has 18 heavy (non-hydrogen) atoms. The van der Waals surface area contributed by atoms with E-state index in [2.05, 4.69) is 34.2 Å². The van der Waals surface area contributed by atoms with Crippen LogP contribution in [0, 0.1) is 0 Å². The quantitative estimate of drug-likeness (QED) is 0.746. The fourth-order valence-electron chi connectivity index (χ4n) is 1.48. The van der Waals surface area contributed by atoms with Crippen molar-refractivity contribution in [1.82, 2.24) is 5.32 Å². The van der Waals surface area contributed by atoms with E-state index in [1.807, 2.05) is 26.0 Å². The van der Waals surface area contributed by atoms with Gasteiger partial charge in [-0.15, -0.1) is 0 Å². The van der Waals surface area contributed by atoms with Crippen LogP contribution < -0.4 is 10.1 Å². The first-order chi connectivity index (χ1) is 8.63. The zero-order valence-electron chi connectivity index (χ0n) is 11.3. The first-order valence-electron chi connectivity index (χ1n) is 6.37. The zero-order valence-corrected chi connectivity index (χ0v) is 12.9. The normalized spacial score (nSPS) is 10.9. The van der Waals surface area contributed by atoms with Gasteiger partial charge in [0.25, 0.3) is 0 Å². The van der Waals surface area contributed by atoms with Crippen molar-refractivity contribution >= 4 is 15.9 Å². The van der Waals surface area contributed by atoms with Crippen LogP contribution in [0.5, 0.6) is 5.75 Å². The maximum atomic E-state index is 5.66. The van der Waals surface area contributed by atoms with Gasteiger partial charge in [0, 0.05) is 11.0 Å². The van der Waals surface area contributed by atoms with E-state index in [0.29, 0.717) is 13.2 Å². The van der Waals surface area contributed by atoms with Crippen LogP contribution in [-0.2, 0) is 11.3 Å². The van der Waals surface area contributed by atoms with E-state index in [4.69, 9.17) is 9.47 Å². The van der Waals surface area contributed by atoms with E-state index in [1.54, 1.807) is 0 Å². The number of rotatable bonds is 8. The maximum Gasteiger partial charge on any atom is 0.119 e. The lowest BCUT2D eigenvalue weighted by Gasteiger charge is -2.11. The highest BCUT2D eigenvalue weighted by Crippen LogP contribution is 2.22. The van der Waals surface area contributed by atoms with Crippen molar-refractivity contribution in [3.05, 3.63) is 28.2 Å². The topological polar surface area (TPSA) is 30.5 Å². The van der Waals surface area contributed by atoms with E-state index in [0.717, 1.165) is 23.3 Å². The van der Waals surface area contributed by atoms with E-state index in [9.17, 15) is 0 Å². The molecule has 1 aromatic rings. The van der Waals surface area contributed by atoms with Crippen LogP contribution in [0.15, 0.2) is 22.7 Å². The van der Waals surface area contributed by atoms with Crippen molar-refractivity contribution in [2.45, 2.75) is 33.4 Å². The highest BCUT2D eigenvalue weighted by Gasteiger charge is 2.02. The molecule has 0 fully saturated rings. The second-order valence-corrected chi connectivity index (χ2v) is 5.16. The van der Waals surface area contributed by atoms with Gasteiger partial charge in [0.2, 0.25) is 0 Å². The summed E-state index contributed by atoms with van der Waals surface area (Å²) in [5.41, 5.74) is 1.21. The molecular weight excluding hydrogens is 294 g/mol. The molecule has 0 aromatic heterocycles. The minimum Gasteiger partial charge on any atom is -0.491 e. The summed E-state index contributed by atoms with van der Waals surface area (Å²) in [6.45, 7) is 9.15. The molecule has 1 N–H and O–H groups in total. The summed E-state index contributed by atoms with van der Waals surface area (Å²) in [6.07, 6.45) is 0.253. The fourth-order valence-corrected chi connectivity index (χ4v) is 1.87. The summed E-state index contributed by atoms with van der Waals surface area (Å²) in [7, 11) is 0. The van der Waals surface area contributed by atoms with Crippen molar-refractivity contribution in [1.29, 1.82) is 0 Å². The SMILES string of the molecule is CCNCc1cc(OCCOC(C)C)ccc1Br. The number of hydrogen-bond donors (Lipinski definition) is 1. The van der Waals surface area contributed by atoms with Gasteiger partial charge >= 0.3 is 0 Å². The van der Waals surface area contributed by atoms with Gasteiger partial charge in [-0.1, -0.05) is 22.9 Å². The summed E-state index contributed by atoms with van der Waals surface area (Å²) in [5, 5.41) is 3.30. The average molecular weight is 316 g/mol. The maximum absolute atomic E-state index is 5.66. The Kier molecular flexibility index (Phi) is 7.32. The van der Waals surface area contributed by atoms with Gasteiger partial charge in [-0.2, -0.15) is 0 Å². The molecule has 0 atom stereocenters. The Hall–Kier alpha value is -0.580. The smallest absolute Gasteiger partial charge is 0.119 e. The van der Waals surface area contributed by atoms with Crippen LogP contribution in [0.25, 0.3) is 0 Å².